The van der Waals surface area contributed by atoms with E-state index in [-0.39, 0.29) is 5.91 Å². The fourth-order valence-electron chi connectivity index (χ4n) is 2.79. The summed E-state index contributed by atoms with van der Waals surface area (Å²) in [4.78, 5) is 31.4. The van der Waals surface area contributed by atoms with Gasteiger partial charge in [0.2, 0.25) is 0 Å². The van der Waals surface area contributed by atoms with Crippen LogP contribution in [0.5, 0.6) is 0 Å². The number of carbonyl (C=O) groups is 2. The third-order valence-corrected chi connectivity index (χ3v) is 4.10. The number of nitrogens with zero attached hydrogens (tertiary/aromatic N) is 1. The van der Waals surface area contributed by atoms with E-state index in [0.29, 0.717) is 39.9 Å². The van der Waals surface area contributed by atoms with Crippen molar-refractivity contribution in [3.8, 4) is 11.3 Å². The van der Waals surface area contributed by atoms with Crippen LogP contribution in [0.25, 0.3) is 11.3 Å². The minimum atomic E-state index is -0.470. The standard InChI is InChI=1S/C19H19N3O4/c1-10-16(19(24)25-4)11(2)21-17(10)18(23)22-14-7-5-13(6-8-14)15-9-20-12(3)26-15/h5-9,21H,1-4H3,(H,22,23). The Morgan fingerprint density at radius 3 is 2.42 bits per heavy atom. The fourth-order valence-corrected chi connectivity index (χ4v) is 2.79. The van der Waals surface area contributed by atoms with Crippen LogP contribution in [0.4, 0.5) is 5.69 Å². The summed E-state index contributed by atoms with van der Waals surface area (Å²) in [5, 5.41) is 2.81. The van der Waals surface area contributed by atoms with Gasteiger partial charge < -0.3 is 19.5 Å². The molecule has 0 aliphatic heterocycles. The molecule has 7 nitrogen and oxygen atoms in total. The largest absolute Gasteiger partial charge is 0.465 e. The van der Waals surface area contributed by atoms with Gasteiger partial charge in [-0.05, 0) is 43.7 Å². The molecule has 0 fully saturated rings. The molecule has 0 unspecified atom stereocenters. The Hall–Kier alpha value is -3.35. The summed E-state index contributed by atoms with van der Waals surface area (Å²) in [6.07, 6.45) is 1.66. The van der Waals surface area contributed by atoms with E-state index in [0.717, 1.165) is 5.56 Å². The minimum absolute atomic E-state index is 0.330. The molecule has 26 heavy (non-hydrogen) atoms. The molecular weight excluding hydrogens is 334 g/mol. The zero-order chi connectivity index (χ0) is 18.8. The van der Waals surface area contributed by atoms with Crippen molar-refractivity contribution >= 4 is 17.6 Å². The lowest BCUT2D eigenvalue weighted by Gasteiger charge is -2.06. The highest BCUT2D eigenvalue weighted by Gasteiger charge is 2.22. The molecule has 2 N–H and O–H groups in total. The lowest BCUT2D eigenvalue weighted by molar-refractivity contribution is 0.0599. The number of ether oxygens (including phenoxy) is 1. The van der Waals surface area contributed by atoms with Crippen molar-refractivity contribution in [2.24, 2.45) is 0 Å². The van der Waals surface area contributed by atoms with Crippen LogP contribution in [0.2, 0.25) is 0 Å². The van der Waals surface area contributed by atoms with Crippen LogP contribution >= 0.6 is 0 Å². The van der Waals surface area contributed by atoms with Crippen molar-refractivity contribution in [1.82, 2.24) is 9.97 Å². The van der Waals surface area contributed by atoms with Crippen molar-refractivity contribution in [3.05, 3.63) is 58.9 Å². The van der Waals surface area contributed by atoms with E-state index in [9.17, 15) is 9.59 Å². The maximum Gasteiger partial charge on any atom is 0.339 e. The van der Waals surface area contributed by atoms with Gasteiger partial charge in [0.05, 0.1) is 18.9 Å². The number of aromatic nitrogens is 2. The minimum Gasteiger partial charge on any atom is -0.465 e. The van der Waals surface area contributed by atoms with Gasteiger partial charge >= 0.3 is 5.97 Å². The first kappa shape index (κ1) is 17.5. The molecule has 7 heteroatoms. The van der Waals surface area contributed by atoms with E-state index >= 15 is 0 Å². The SMILES string of the molecule is COC(=O)c1c(C)[nH]c(C(=O)Nc2ccc(-c3cnc(C)o3)cc2)c1C. The smallest absolute Gasteiger partial charge is 0.339 e. The molecule has 134 valence electrons. The first-order chi connectivity index (χ1) is 12.4. The summed E-state index contributed by atoms with van der Waals surface area (Å²) in [6, 6.07) is 7.22. The van der Waals surface area contributed by atoms with Crippen LogP contribution in [0, 0.1) is 20.8 Å². The molecule has 1 amide bonds. The van der Waals surface area contributed by atoms with E-state index in [1.807, 2.05) is 12.1 Å². The number of methoxy groups -OCH3 is 1. The molecule has 2 aromatic heterocycles. The molecule has 0 spiro atoms. The van der Waals surface area contributed by atoms with Crippen molar-refractivity contribution in [3.63, 3.8) is 0 Å². The molecule has 0 aliphatic carbocycles. The molecule has 3 aromatic rings. The number of nitrogens with one attached hydrogen (secondary N) is 2. The van der Waals surface area contributed by atoms with Gasteiger partial charge in [0, 0.05) is 23.9 Å². The summed E-state index contributed by atoms with van der Waals surface area (Å²) in [7, 11) is 1.31. The summed E-state index contributed by atoms with van der Waals surface area (Å²) in [6.45, 7) is 5.21. The van der Waals surface area contributed by atoms with Gasteiger partial charge in [-0.1, -0.05) is 0 Å². The number of hydrogen-bond donors (Lipinski definition) is 2. The molecule has 0 saturated carbocycles. The average Bonchev–Trinajstić information content (AvgIpc) is 3.18. The van der Waals surface area contributed by atoms with Crippen molar-refractivity contribution in [1.29, 1.82) is 0 Å². The van der Waals surface area contributed by atoms with Crippen LogP contribution in [0.15, 0.2) is 34.9 Å². The Kier molecular flexibility index (Phi) is 4.62. The van der Waals surface area contributed by atoms with E-state index < -0.39 is 5.97 Å². The van der Waals surface area contributed by atoms with Crippen molar-refractivity contribution in [2.75, 3.05) is 12.4 Å². The second-order valence-corrected chi connectivity index (χ2v) is 5.89. The van der Waals surface area contributed by atoms with Crippen LogP contribution in [0.3, 0.4) is 0 Å². The number of aryl methyl sites for hydroxylation is 2. The maximum absolute atomic E-state index is 12.5. The van der Waals surface area contributed by atoms with Crippen LogP contribution in [-0.4, -0.2) is 29.0 Å². The number of anilines is 1. The van der Waals surface area contributed by atoms with Gasteiger partial charge in [0.1, 0.15) is 5.69 Å². The average molecular weight is 353 g/mol. The molecular formula is C19H19N3O4. The lowest BCUT2D eigenvalue weighted by Crippen LogP contribution is -2.14. The Morgan fingerprint density at radius 1 is 1.15 bits per heavy atom. The Bertz CT molecular complexity index is 967. The molecule has 0 aliphatic rings. The normalized spacial score (nSPS) is 10.6. The number of amides is 1. The molecule has 2 heterocycles. The predicted molar refractivity (Wildman–Crippen MR) is 96.2 cm³/mol. The molecule has 0 atom stereocenters. The van der Waals surface area contributed by atoms with Crippen LogP contribution in [0.1, 0.15) is 38.0 Å². The van der Waals surface area contributed by atoms with Gasteiger partial charge in [-0.2, -0.15) is 0 Å². The molecule has 0 radical (unpaired) electrons. The first-order valence-corrected chi connectivity index (χ1v) is 8.02. The zero-order valence-electron chi connectivity index (χ0n) is 15.0. The van der Waals surface area contributed by atoms with Crippen molar-refractivity contribution < 1.29 is 18.7 Å². The van der Waals surface area contributed by atoms with Gasteiger partial charge in [-0.25, -0.2) is 9.78 Å². The Labute approximate surface area is 150 Å². The van der Waals surface area contributed by atoms with Crippen molar-refractivity contribution in [2.45, 2.75) is 20.8 Å². The number of oxazole rings is 1. The highest BCUT2D eigenvalue weighted by Crippen LogP contribution is 2.23. The summed E-state index contributed by atoms with van der Waals surface area (Å²) in [5.74, 6) is 0.460. The Morgan fingerprint density at radius 2 is 1.85 bits per heavy atom. The molecule has 3 rings (SSSR count). The fraction of sp³-hybridized carbons (Fsp3) is 0.211. The number of esters is 1. The summed E-state index contributed by atoms with van der Waals surface area (Å²) in [5.41, 5.74) is 3.35. The van der Waals surface area contributed by atoms with E-state index in [2.05, 4.69) is 15.3 Å². The number of benzene rings is 1. The second kappa shape index (κ2) is 6.87. The van der Waals surface area contributed by atoms with Gasteiger partial charge in [-0.3, -0.25) is 4.79 Å². The monoisotopic (exact) mass is 353 g/mol. The third kappa shape index (κ3) is 3.23. The molecule has 1 aromatic carbocycles. The predicted octanol–water partition coefficient (Wildman–Crippen LogP) is 3.63. The number of carbonyl (C=O) groups excluding carboxylic acids is 2. The lowest BCUT2D eigenvalue weighted by atomic mass is 10.1. The summed E-state index contributed by atoms with van der Waals surface area (Å²) < 4.78 is 10.2. The zero-order valence-corrected chi connectivity index (χ0v) is 15.0. The van der Waals surface area contributed by atoms with E-state index in [1.54, 1.807) is 39.1 Å². The molecule has 0 bridgehead atoms. The van der Waals surface area contributed by atoms with E-state index in [4.69, 9.17) is 9.15 Å². The summed E-state index contributed by atoms with van der Waals surface area (Å²) >= 11 is 0. The first-order valence-electron chi connectivity index (χ1n) is 8.02. The van der Waals surface area contributed by atoms with Crippen LogP contribution in [-0.2, 0) is 4.74 Å². The quantitative estimate of drug-likeness (QED) is 0.698. The van der Waals surface area contributed by atoms with Gasteiger partial charge in [-0.15, -0.1) is 0 Å². The molecule has 0 saturated heterocycles. The number of H-pyrrole nitrogens is 1. The number of aromatic amines is 1. The van der Waals surface area contributed by atoms with E-state index in [1.165, 1.54) is 7.11 Å². The Balaban J connectivity index is 1.79. The highest BCUT2D eigenvalue weighted by atomic mass is 16.5. The third-order valence-electron chi connectivity index (χ3n) is 4.10. The van der Waals surface area contributed by atoms with Gasteiger partial charge in [0.15, 0.2) is 11.7 Å². The highest BCUT2D eigenvalue weighted by molar-refractivity contribution is 6.06. The van der Waals surface area contributed by atoms with Gasteiger partial charge in [0.25, 0.3) is 5.91 Å². The number of hydrogen-bond acceptors (Lipinski definition) is 5. The van der Waals surface area contributed by atoms with Crippen LogP contribution < -0.4 is 5.32 Å². The topological polar surface area (TPSA) is 97.2 Å². The number of rotatable bonds is 4. The second-order valence-electron chi connectivity index (χ2n) is 5.89. The maximum atomic E-state index is 12.5.